The van der Waals surface area contributed by atoms with E-state index in [1.807, 2.05) is 34.3 Å². The SMILES string of the molecule is O=C(CCCn1cccc1)N1CCN(C(=O)C2CCCO2)CC1. The molecule has 0 saturated carbocycles. The number of aromatic nitrogens is 1. The van der Waals surface area contributed by atoms with Crippen LogP contribution in [0.3, 0.4) is 0 Å². The summed E-state index contributed by atoms with van der Waals surface area (Å²) in [6.07, 6.45) is 6.99. The quantitative estimate of drug-likeness (QED) is 0.817. The molecule has 0 aliphatic carbocycles. The molecule has 1 atom stereocenters. The van der Waals surface area contributed by atoms with Gasteiger partial charge in [-0.25, -0.2) is 0 Å². The fourth-order valence-electron chi connectivity index (χ4n) is 3.24. The van der Waals surface area contributed by atoms with E-state index in [1.54, 1.807) is 0 Å². The lowest BCUT2D eigenvalue weighted by Gasteiger charge is -2.35. The Bertz CT molecular complexity index is 515. The first-order chi connectivity index (χ1) is 11.2. The topological polar surface area (TPSA) is 54.8 Å². The van der Waals surface area contributed by atoms with Gasteiger partial charge < -0.3 is 19.1 Å². The first-order valence-electron chi connectivity index (χ1n) is 8.53. The van der Waals surface area contributed by atoms with Gasteiger partial charge in [0.2, 0.25) is 5.91 Å². The van der Waals surface area contributed by atoms with Gasteiger partial charge in [0, 0.05) is 58.1 Å². The van der Waals surface area contributed by atoms with E-state index in [9.17, 15) is 9.59 Å². The summed E-state index contributed by atoms with van der Waals surface area (Å²) < 4.78 is 7.55. The molecule has 0 aromatic carbocycles. The number of carbonyl (C=O) groups excluding carboxylic acids is 2. The molecule has 2 aliphatic heterocycles. The van der Waals surface area contributed by atoms with Crippen molar-refractivity contribution in [3.05, 3.63) is 24.5 Å². The number of amides is 2. The maximum absolute atomic E-state index is 12.3. The average molecular weight is 319 g/mol. The molecule has 2 saturated heterocycles. The van der Waals surface area contributed by atoms with Crippen molar-refractivity contribution >= 4 is 11.8 Å². The Morgan fingerprint density at radius 3 is 2.39 bits per heavy atom. The standard InChI is InChI=1S/C17H25N3O3/c21-16(6-3-9-18-7-1-2-8-18)19-10-12-20(13-11-19)17(22)15-5-4-14-23-15/h1-2,7-8,15H,3-6,9-14H2. The first-order valence-corrected chi connectivity index (χ1v) is 8.53. The van der Waals surface area contributed by atoms with Crippen LogP contribution in [0.1, 0.15) is 25.7 Å². The summed E-state index contributed by atoms with van der Waals surface area (Å²) in [6.45, 7) is 4.10. The Balaban J connectivity index is 1.37. The van der Waals surface area contributed by atoms with Gasteiger partial charge in [-0.1, -0.05) is 0 Å². The molecule has 3 rings (SSSR count). The molecular weight excluding hydrogens is 294 g/mol. The van der Waals surface area contributed by atoms with Crippen LogP contribution in [-0.4, -0.2) is 65.1 Å². The molecular formula is C17H25N3O3. The predicted molar refractivity (Wildman–Crippen MR) is 85.8 cm³/mol. The van der Waals surface area contributed by atoms with E-state index in [4.69, 9.17) is 4.74 Å². The van der Waals surface area contributed by atoms with Crippen molar-refractivity contribution < 1.29 is 14.3 Å². The van der Waals surface area contributed by atoms with Crippen molar-refractivity contribution in [1.82, 2.24) is 14.4 Å². The molecule has 1 aromatic rings. The maximum Gasteiger partial charge on any atom is 0.251 e. The molecule has 0 radical (unpaired) electrons. The number of aryl methyl sites for hydroxylation is 1. The van der Waals surface area contributed by atoms with Gasteiger partial charge in [-0.3, -0.25) is 9.59 Å². The Kier molecular flexibility index (Phi) is 5.33. The zero-order valence-electron chi connectivity index (χ0n) is 13.5. The maximum atomic E-state index is 12.3. The molecule has 0 bridgehead atoms. The van der Waals surface area contributed by atoms with Gasteiger partial charge in [-0.05, 0) is 31.4 Å². The van der Waals surface area contributed by atoms with Crippen LogP contribution in [0.5, 0.6) is 0 Å². The zero-order valence-corrected chi connectivity index (χ0v) is 13.5. The van der Waals surface area contributed by atoms with E-state index in [2.05, 4.69) is 4.57 Å². The average Bonchev–Trinajstić information content (AvgIpc) is 3.28. The molecule has 0 spiro atoms. The highest BCUT2D eigenvalue weighted by Crippen LogP contribution is 2.16. The largest absolute Gasteiger partial charge is 0.368 e. The minimum atomic E-state index is -0.251. The molecule has 1 aromatic heterocycles. The van der Waals surface area contributed by atoms with Crippen molar-refractivity contribution in [2.75, 3.05) is 32.8 Å². The van der Waals surface area contributed by atoms with E-state index in [0.29, 0.717) is 39.2 Å². The highest BCUT2D eigenvalue weighted by Gasteiger charge is 2.31. The fraction of sp³-hybridized carbons (Fsp3) is 0.647. The van der Waals surface area contributed by atoms with Gasteiger partial charge in [0.25, 0.3) is 5.91 Å². The van der Waals surface area contributed by atoms with Crippen LogP contribution in [0.25, 0.3) is 0 Å². The Morgan fingerprint density at radius 1 is 1.04 bits per heavy atom. The number of piperazine rings is 1. The zero-order chi connectivity index (χ0) is 16.1. The number of carbonyl (C=O) groups is 2. The predicted octanol–water partition coefficient (Wildman–Crippen LogP) is 1.12. The van der Waals surface area contributed by atoms with Gasteiger partial charge in [0.1, 0.15) is 6.10 Å². The molecule has 6 heteroatoms. The molecule has 2 aliphatic rings. The number of hydrogen-bond acceptors (Lipinski definition) is 3. The number of ether oxygens (including phenoxy) is 1. The smallest absolute Gasteiger partial charge is 0.251 e. The first kappa shape index (κ1) is 16.1. The third-order valence-corrected chi connectivity index (χ3v) is 4.62. The van der Waals surface area contributed by atoms with E-state index in [-0.39, 0.29) is 17.9 Å². The molecule has 2 amide bonds. The summed E-state index contributed by atoms with van der Waals surface area (Å²) in [7, 11) is 0. The van der Waals surface area contributed by atoms with E-state index in [1.165, 1.54) is 0 Å². The fourth-order valence-corrected chi connectivity index (χ4v) is 3.24. The molecule has 1 unspecified atom stereocenters. The summed E-state index contributed by atoms with van der Waals surface area (Å²) in [4.78, 5) is 28.3. The lowest BCUT2D eigenvalue weighted by Crippen LogP contribution is -2.52. The molecule has 3 heterocycles. The number of nitrogens with zero attached hydrogens (tertiary/aromatic N) is 3. The van der Waals surface area contributed by atoms with Crippen LogP contribution in [0.15, 0.2) is 24.5 Å². The van der Waals surface area contributed by atoms with Crippen molar-refractivity contribution in [3.63, 3.8) is 0 Å². The highest BCUT2D eigenvalue weighted by atomic mass is 16.5. The van der Waals surface area contributed by atoms with Crippen molar-refractivity contribution in [2.24, 2.45) is 0 Å². The summed E-state index contributed by atoms with van der Waals surface area (Å²) in [5.41, 5.74) is 0. The van der Waals surface area contributed by atoms with Gasteiger partial charge in [0.15, 0.2) is 0 Å². The van der Waals surface area contributed by atoms with Crippen LogP contribution in [0, 0.1) is 0 Å². The third-order valence-electron chi connectivity index (χ3n) is 4.62. The molecule has 6 nitrogen and oxygen atoms in total. The molecule has 23 heavy (non-hydrogen) atoms. The van der Waals surface area contributed by atoms with Gasteiger partial charge in [0.05, 0.1) is 0 Å². The second-order valence-electron chi connectivity index (χ2n) is 6.23. The van der Waals surface area contributed by atoms with Crippen molar-refractivity contribution in [2.45, 2.75) is 38.3 Å². The Labute approximate surface area is 137 Å². The van der Waals surface area contributed by atoms with E-state index in [0.717, 1.165) is 25.8 Å². The van der Waals surface area contributed by atoms with Crippen LogP contribution in [-0.2, 0) is 20.9 Å². The minimum absolute atomic E-state index is 0.0993. The highest BCUT2D eigenvalue weighted by molar-refractivity contribution is 5.82. The van der Waals surface area contributed by atoms with Gasteiger partial charge >= 0.3 is 0 Å². The minimum Gasteiger partial charge on any atom is -0.368 e. The van der Waals surface area contributed by atoms with E-state index < -0.39 is 0 Å². The number of hydrogen-bond donors (Lipinski definition) is 0. The van der Waals surface area contributed by atoms with Crippen LogP contribution >= 0.6 is 0 Å². The van der Waals surface area contributed by atoms with Crippen molar-refractivity contribution in [1.29, 1.82) is 0 Å². The molecule has 126 valence electrons. The van der Waals surface area contributed by atoms with Gasteiger partial charge in [-0.2, -0.15) is 0 Å². The van der Waals surface area contributed by atoms with Crippen molar-refractivity contribution in [3.8, 4) is 0 Å². The second kappa shape index (κ2) is 7.64. The Morgan fingerprint density at radius 2 is 1.74 bits per heavy atom. The lowest BCUT2D eigenvalue weighted by atomic mass is 10.2. The van der Waals surface area contributed by atoms with E-state index >= 15 is 0 Å². The molecule has 2 fully saturated rings. The monoisotopic (exact) mass is 319 g/mol. The van der Waals surface area contributed by atoms with Gasteiger partial charge in [-0.15, -0.1) is 0 Å². The van der Waals surface area contributed by atoms with Crippen LogP contribution in [0.4, 0.5) is 0 Å². The summed E-state index contributed by atoms with van der Waals surface area (Å²) in [5.74, 6) is 0.295. The summed E-state index contributed by atoms with van der Waals surface area (Å²) >= 11 is 0. The van der Waals surface area contributed by atoms with Crippen LogP contribution in [0.2, 0.25) is 0 Å². The number of rotatable bonds is 5. The second-order valence-corrected chi connectivity index (χ2v) is 6.23. The normalized spacial score (nSPS) is 21.7. The van der Waals surface area contributed by atoms with Crippen LogP contribution < -0.4 is 0 Å². The Hall–Kier alpha value is -1.82. The molecule has 0 N–H and O–H groups in total. The summed E-state index contributed by atoms with van der Waals surface area (Å²) in [6, 6.07) is 3.98. The summed E-state index contributed by atoms with van der Waals surface area (Å²) in [5, 5.41) is 0. The third kappa shape index (κ3) is 4.13. The lowest BCUT2D eigenvalue weighted by molar-refractivity contribution is -0.146.